The predicted molar refractivity (Wildman–Crippen MR) is 86.3 cm³/mol. The van der Waals surface area contributed by atoms with Gasteiger partial charge < -0.3 is 5.73 Å². The monoisotopic (exact) mass is 333 g/mol. The predicted octanol–water partition coefficient (Wildman–Crippen LogP) is 2.32. The molecule has 3 N–H and O–H groups in total. The van der Waals surface area contributed by atoms with Gasteiger partial charge in [0.1, 0.15) is 6.04 Å². The van der Waals surface area contributed by atoms with Gasteiger partial charge in [-0.05, 0) is 40.9 Å². The van der Waals surface area contributed by atoms with Crippen LogP contribution in [-0.4, -0.2) is 20.4 Å². The third kappa shape index (κ3) is 3.78. The van der Waals surface area contributed by atoms with Crippen LogP contribution in [0.15, 0.2) is 46.4 Å². The van der Waals surface area contributed by atoms with E-state index < -0.39 is 22.0 Å². The first-order chi connectivity index (χ1) is 10.9. The van der Waals surface area contributed by atoms with E-state index in [1.807, 2.05) is 0 Å². The highest BCUT2D eigenvalue weighted by Crippen LogP contribution is 2.24. The first-order valence-corrected chi connectivity index (χ1v) is 8.26. The van der Waals surface area contributed by atoms with Crippen LogP contribution in [0.4, 0.5) is 5.69 Å². The van der Waals surface area contributed by atoms with Crippen LogP contribution >= 0.6 is 0 Å². The highest BCUT2D eigenvalue weighted by molar-refractivity contribution is 7.89. The molecule has 2 aromatic carbocycles. The lowest BCUT2D eigenvalue weighted by atomic mass is 10.1. The molecule has 0 heterocycles. The number of azide groups is 1. The second kappa shape index (κ2) is 6.66. The highest BCUT2D eigenvalue weighted by atomic mass is 32.2. The SMILES string of the molecule is CC[C@H](NS(=O)(=O)c1ccc2cc(N=[N+]=[N-])ccc2c1)C(N)=O. The lowest BCUT2D eigenvalue weighted by Crippen LogP contribution is -2.43. The molecule has 0 fully saturated rings. The van der Waals surface area contributed by atoms with Gasteiger partial charge in [-0.3, -0.25) is 4.79 Å². The number of nitrogens with zero attached hydrogens (tertiary/aromatic N) is 3. The van der Waals surface area contributed by atoms with Crippen LogP contribution in [0.25, 0.3) is 21.2 Å². The molecule has 0 spiro atoms. The summed E-state index contributed by atoms with van der Waals surface area (Å²) in [7, 11) is -3.86. The lowest BCUT2D eigenvalue weighted by molar-refractivity contribution is -0.119. The molecule has 0 saturated carbocycles. The number of carbonyl (C=O) groups is 1. The van der Waals surface area contributed by atoms with E-state index in [-0.39, 0.29) is 11.3 Å². The minimum absolute atomic E-state index is 0.0289. The minimum Gasteiger partial charge on any atom is -0.368 e. The molecule has 0 aliphatic heterocycles. The van der Waals surface area contributed by atoms with Gasteiger partial charge in [-0.1, -0.05) is 30.2 Å². The third-order valence-electron chi connectivity index (χ3n) is 3.31. The summed E-state index contributed by atoms with van der Waals surface area (Å²) in [6.45, 7) is 1.66. The van der Waals surface area contributed by atoms with Crippen molar-refractivity contribution < 1.29 is 13.2 Å². The fourth-order valence-electron chi connectivity index (χ4n) is 2.09. The Morgan fingerprint density at radius 2 is 1.96 bits per heavy atom. The summed E-state index contributed by atoms with van der Waals surface area (Å²) in [6.07, 6.45) is 0.262. The number of hydrogen-bond acceptors (Lipinski definition) is 4. The second-order valence-electron chi connectivity index (χ2n) is 4.87. The quantitative estimate of drug-likeness (QED) is 0.476. The van der Waals surface area contributed by atoms with E-state index >= 15 is 0 Å². The van der Waals surface area contributed by atoms with Gasteiger partial charge in [0.2, 0.25) is 15.9 Å². The lowest BCUT2D eigenvalue weighted by Gasteiger charge is -2.14. The summed E-state index contributed by atoms with van der Waals surface area (Å²) in [5.41, 5.74) is 14.0. The molecular weight excluding hydrogens is 318 g/mol. The number of primary amides is 1. The molecular formula is C14H15N5O3S. The van der Waals surface area contributed by atoms with E-state index in [2.05, 4.69) is 14.7 Å². The van der Waals surface area contributed by atoms with E-state index in [1.165, 1.54) is 12.1 Å². The van der Waals surface area contributed by atoms with E-state index in [1.54, 1.807) is 31.2 Å². The first-order valence-electron chi connectivity index (χ1n) is 6.78. The van der Waals surface area contributed by atoms with Gasteiger partial charge in [-0.25, -0.2) is 8.42 Å². The van der Waals surface area contributed by atoms with E-state index in [0.717, 1.165) is 5.39 Å². The molecule has 1 atom stereocenters. The maximum Gasteiger partial charge on any atom is 0.241 e. The first kappa shape index (κ1) is 16.8. The van der Waals surface area contributed by atoms with Crippen LogP contribution in [0.1, 0.15) is 13.3 Å². The average Bonchev–Trinajstić information content (AvgIpc) is 2.52. The fraction of sp³-hybridized carbons (Fsp3) is 0.214. The van der Waals surface area contributed by atoms with Crippen LogP contribution in [0.2, 0.25) is 0 Å². The van der Waals surface area contributed by atoms with Gasteiger partial charge in [-0.15, -0.1) is 0 Å². The number of nitrogens with one attached hydrogen (secondary N) is 1. The summed E-state index contributed by atoms with van der Waals surface area (Å²) in [6, 6.07) is 8.43. The normalized spacial score (nSPS) is 12.6. The second-order valence-corrected chi connectivity index (χ2v) is 6.58. The van der Waals surface area contributed by atoms with Gasteiger partial charge in [0, 0.05) is 10.6 Å². The van der Waals surface area contributed by atoms with E-state index in [4.69, 9.17) is 11.3 Å². The minimum atomic E-state index is -3.86. The Kier molecular flexibility index (Phi) is 4.85. The summed E-state index contributed by atoms with van der Waals surface area (Å²) in [5.74, 6) is -0.726. The third-order valence-corrected chi connectivity index (χ3v) is 4.78. The Balaban J connectivity index is 2.41. The Labute approximate surface area is 133 Å². The summed E-state index contributed by atoms with van der Waals surface area (Å²) < 4.78 is 27.0. The maximum absolute atomic E-state index is 12.3. The van der Waals surface area contributed by atoms with Crippen molar-refractivity contribution in [3.05, 3.63) is 46.8 Å². The maximum atomic E-state index is 12.3. The molecule has 0 unspecified atom stereocenters. The topological polar surface area (TPSA) is 138 Å². The number of carbonyl (C=O) groups excluding carboxylic acids is 1. The van der Waals surface area contributed by atoms with Gasteiger partial charge in [0.15, 0.2) is 0 Å². The molecule has 0 aliphatic carbocycles. The Hall–Kier alpha value is -2.61. The molecule has 2 aromatic rings. The Morgan fingerprint density at radius 1 is 1.30 bits per heavy atom. The molecule has 9 heteroatoms. The van der Waals surface area contributed by atoms with Crippen LogP contribution in [0.3, 0.4) is 0 Å². The van der Waals surface area contributed by atoms with Crippen molar-refractivity contribution in [1.29, 1.82) is 0 Å². The van der Waals surface area contributed by atoms with E-state index in [9.17, 15) is 13.2 Å². The van der Waals surface area contributed by atoms with Gasteiger partial charge in [0.05, 0.1) is 4.90 Å². The summed E-state index contributed by atoms with van der Waals surface area (Å²) >= 11 is 0. The molecule has 1 amide bonds. The molecule has 0 aromatic heterocycles. The molecule has 2 rings (SSSR count). The van der Waals surface area contributed by atoms with Gasteiger partial charge in [-0.2, -0.15) is 4.72 Å². The van der Waals surface area contributed by atoms with Crippen molar-refractivity contribution in [1.82, 2.24) is 4.72 Å². The van der Waals surface area contributed by atoms with Gasteiger partial charge in [0.25, 0.3) is 0 Å². The zero-order valence-electron chi connectivity index (χ0n) is 12.3. The van der Waals surface area contributed by atoms with Crippen LogP contribution in [0.5, 0.6) is 0 Å². The van der Waals surface area contributed by atoms with Crippen molar-refractivity contribution in [3.8, 4) is 0 Å². The number of amides is 1. The van der Waals surface area contributed by atoms with Crippen molar-refractivity contribution in [3.63, 3.8) is 0 Å². The highest BCUT2D eigenvalue weighted by Gasteiger charge is 2.22. The smallest absolute Gasteiger partial charge is 0.241 e. The fourth-order valence-corrected chi connectivity index (χ4v) is 3.41. The number of hydrogen-bond donors (Lipinski definition) is 2. The molecule has 8 nitrogen and oxygen atoms in total. The zero-order valence-corrected chi connectivity index (χ0v) is 13.1. The van der Waals surface area contributed by atoms with Crippen LogP contribution in [-0.2, 0) is 14.8 Å². The Morgan fingerprint density at radius 3 is 2.57 bits per heavy atom. The average molecular weight is 333 g/mol. The number of rotatable bonds is 6. The van der Waals surface area contributed by atoms with Crippen LogP contribution in [0, 0.1) is 0 Å². The Bertz CT molecular complexity index is 904. The van der Waals surface area contributed by atoms with Gasteiger partial charge >= 0.3 is 0 Å². The molecule has 0 bridgehead atoms. The number of sulfonamides is 1. The van der Waals surface area contributed by atoms with E-state index in [0.29, 0.717) is 11.1 Å². The molecule has 23 heavy (non-hydrogen) atoms. The van der Waals surface area contributed by atoms with Crippen molar-refractivity contribution in [2.45, 2.75) is 24.3 Å². The zero-order chi connectivity index (χ0) is 17.0. The molecule has 0 saturated heterocycles. The van der Waals surface area contributed by atoms with Crippen molar-refractivity contribution in [2.24, 2.45) is 10.8 Å². The van der Waals surface area contributed by atoms with Crippen molar-refractivity contribution in [2.75, 3.05) is 0 Å². The summed E-state index contributed by atoms with van der Waals surface area (Å²) in [5, 5.41) is 4.89. The molecule has 120 valence electrons. The number of nitrogens with two attached hydrogens (primary N) is 1. The van der Waals surface area contributed by atoms with Crippen LogP contribution < -0.4 is 10.5 Å². The number of fused-ring (bicyclic) bond motifs is 1. The molecule has 0 radical (unpaired) electrons. The van der Waals surface area contributed by atoms with Crippen molar-refractivity contribution >= 4 is 32.4 Å². The standard InChI is InChI=1S/C14H15N5O3S/c1-2-13(14(15)20)18-23(21,22)12-6-4-9-7-11(17-19-16)5-3-10(9)8-12/h3-8,13,18H,2H2,1H3,(H2,15,20)/t13-/m0/s1. The largest absolute Gasteiger partial charge is 0.368 e. The molecule has 0 aliphatic rings. The number of benzene rings is 2. The summed E-state index contributed by atoms with van der Waals surface area (Å²) in [4.78, 5) is 13.9.